The summed E-state index contributed by atoms with van der Waals surface area (Å²) in [7, 11) is 0. The first-order chi connectivity index (χ1) is 10.2. The molecule has 0 unspecified atom stereocenters. The summed E-state index contributed by atoms with van der Waals surface area (Å²) in [6, 6.07) is 5.87. The highest BCUT2D eigenvalue weighted by molar-refractivity contribution is 5.93. The third-order valence-electron chi connectivity index (χ3n) is 3.21. The molecule has 1 saturated carbocycles. The van der Waals surface area contributed by atoms with Gasteiger partial charge in [-0.15, -0.1) is 0 Å². The maximum absolute atomic E-state index is 12.0. The summed E-state index contributed by atoms with van der Waals surface area (Å²) >= 11 is 0. The average Bonchev–Trinajstić information content (AvgIpc) is 3.29. The third kappa shape index (κ3) is 3.75. The second kappa shape index (κ2) is 5.87. The van der Waals surface area contributed by atoms with Gasteiger partial charge in [0, 0.05) is 31.0 Å². The van der Waals surface area contributed by atoms with Crippen LogP contribution in [0.4, 0.5) is 5.82 Å². The van der Waals surface area contributed by atoms with E-state index in [9.17, 15) is 4.79 Å². The van der Waals surface area contributed by atoms with Gasteiger partial charge in [0.1, 0.15) is 17.3 Å². The van der Waals surface area contributed by atoms with Crippen LogP contribution in [0, 0.1) is 6.92 Å². The summed E-state index contributed by atoms with van der Waals surface area (Å²) in [5.41, 5.74) is 1.51. The minimum absolute atomic E-state index is 0.130. The number of nitrogens with zero attached hydrogens (tertiary/aromatic N) is 3. The zero-order valence-electron chi connectivity index (χ0n) is 11.8. The molecule has 0 aliphatic heterocycles. The van der Waals surface area contributed by atoms with Crippen LogP contribution in [-0.4, -0.2) is 26.9 Å². The van der Waals surface area contributed by atoms with Crippen LogP contribution in [0.2, 0.25) is 0 Å². The molecule has 0 radical (unpaired) electrons. The van der Waals surface area contributed by atoms with Crippen molar-refractivity contribution < 1.29 is 4.79 Å². The third-order valence-corrected chi connectivity index (χ3v) is 3.21. The molecule has 0 bridgehead atoms. The lowest BCUT2D eigenvalue weighted by molar-refractivity contribution is 0.0945. The quantitative estimate of drug-likeness (QED) is 0.872. The van der Waals surface area contributed by atoms with Crippen molar-refractivity contribution in [2.24, 2.45) is 0 Å². The van der Waals surface area contributed by atoms with Crippen LogP contribution in [-0.2, 0) is 6.54 Å². The normalized spacial score (nSPS) is 13.8. The molecule has 108 valence electrons. The Balaban J connectivity index is 1.69. The van der Waals surface area contributed by atoms with Crippen LogP contribution in [0.15, 0.2) is 30.6 Å². The number of aryl methyl sites for hydroxylation is 1. The second-order valence-corrected chi connectivity index (χ2v) is 5.14. The first-order valence-corrected chi connectivity index (χ1v) is 7.00. The second-order valence-electron chi connectivity index (χ2n) is 5.14. The van der Waals surface area contributed by atoms with Crippen molar-refractivity contribution in [3.05, 3.63) is 47.7 Å². The number of hydrogen-bond donors (Lipinski definition) is 2. The zero-order chi connectivity index (χ0) is 14.7. The number of anilines is 1. The number of nitrogens with one attached hydrogen (secondary N) is 2. The largest absolute Gasteiger partial charge is 0.366 e. The number of amides is 1. The van der Waals surface area contributed by atoms with E-state index in [-0.39, 0.29) is 5.91 Å². The van der Waals surface area contributed by atoms with Gasteiger partial charge >= 0.3 is 0 Å². The maximum atomic E-state index is 12.0. The van der Waals surface area contributed by atoms with Crippen LogP contribution in [0.5, 0.6) is 0 Å². The molecular formula is C15H17N5O. The lowest BCUT2D eigenvalue weighted by Crippen LogP contribution is -2.26. The van der Waals surface area contributed by atoms with Gasteiger partial charge in [-0.1, -0.05) is 0 Å². The van der Waals surface area contributed by atoms with Crippen molar-refractivity contribution in [2.45, 2.75) is 32.4 Å². The van der Waals surface area contributed by atoms with Crippen LogP contribution in [0.1, 0.15) is 34.7 Å². The fraction of sp³-hybridized carbons (Fsp3) is 0.333. The van der Waals surface area contributed by atoms with E-state index in [1.165, 1.54) is 0 Å². The number of aromatic nitrogens is 3. The Morgan fingerprint density at radius 1 is 1.29 bits per heavy atom. The number of rotatable bonds is 5. The van der Waals surface area contributed by atoms with Gasteiger partial charge in [-0.2, -0.15) is 0 Å². The highest BCUT2D eigenvalue weighted by atomic mass is 16.2. The summed E-state index contributed by atoms with van der Waals surface area (Å²) in [6.45, 7) is 2.41. The number of hydrogen-bond acceptors (Lipinski definition) is 5. The van der Waals surface area contributed by atoms with Gasteiger partial charge in [0.05, 0.1) is 0 Å². The highest BCUT2D eigenvalue weighted by Crippen LogP contribution is 2.19. The summed E-state index contributed by atoms with van der Waals surface area (Å²) in [5.74, 6) is 1.10. The molecule has 6 nitrogen and oxygen atoms in total. The molecule has 0 aromatic carbocycles. The Hall–Kier alpha value is -2.50. The standard InChI is InChI=1S/C15H17N5O/c1-10-18-13(15(21)20-12-2-3-12)8-14(19-10)17-9-11-4-6-16-7-5-11/h4-8,12H,2-3,9H2,1H3,(H,20,21)(H,17,18,19). The maximum Gasteiger partial charge on any atom is 0.270 e. The Morgan fingerprint density at radius 3 is 2.76 bits per heavy atom. The average molecular weight is 283 g/mol. The predicted octanol–water partition coefficient (Wildman–Crippen LogP) is 1.68. The molecule has 1 amide bonds. The van der Waals surface area contributed by atoms with Gasteiger partial charge in [-0.05, 0) is 37.5 Å². The predicted molar refractivity (Wildman–Crippen MR) is 78.8 cm³/mol. The molecule has 2 aromatic rings. The highest BCUT2D eigenvalue weighted by Gasteiger charge is 2.24. The van der Waals surface area contributed by atoms with E-state index in [1.807, 2.05) is 12.1 Å². The monoisotopic (exact) mass is 283 g/mol. The Morgan fingerprint density at radius 2 is 2.05 bits per heavy atom. The Bertz CT molecular complexity index is 640. The van der Waals surface area contributed by atoms with Crippen molar-refractivity contribution in [3.63, 3.8) is 0 Å². The molecule has 0 atom stereocenters. The molecule has 1 aliphatic carbocycles. The molecule has 6 heteroatoms. The summed E-state index contributed by atoms with van der Waals surface area (Å²) in [4.78, 5) is 24.5. The molecule has 3 rings (SSSR count). The topological polar surface area (TPSA) is 79.8 Å². The van der Waals surface area contributed by atoms with Crippen LogP contribution in [0.25, 0.3) is 0 Å². The fourth-order valence-corrected chi connectivity index (χ4v) is 1.95. The van der Waals surface area contributed by atoms with Crippen molar-refractivity contribution in [3.8, 4) is 0 Å². The fourth-order valence-electron chi connectivity index (χ4n) is 1.95. The minimum atomic E-state index is -0.130. The van der Waals surface area contributed by atoms with Gasteiger partial charge in [0.25, 0.3) is 5.91 Å². The number of carbonyl (C=O) groups excluding carboxylic acids is 1. The molecule has 1 fully saturated rings. The van der Waals surface area contributed by atoms with Crippen LogP contribution in [0.3, 0.4) is 0 Å². The van der Waals surface area contributed by atoms with Crippen molar-refractivity contribution in [2.75, 3.05) is 5.32 Å². The van der Waals surface area contributed by atoms with Crippen LogP contribution >= 0.6 is 0 Å². The van der Waals surface area contributed by atoms with Crippen molar-refractivity contribution in [1.29, 1.82) is 0 Å². The molecule has 2 heterocycles. The van der Waals surface area contributed by atoms with E-state index in [2.05, 4.69) is 25.6 Å². The first kappa shape index (κ1) is 13.5. The van der Waals surface area contributed by atoms with E-state index < -0.39 is 0 Å². The zero-order valence-corrected chi connectivity index (χ0v) is 11.8. The van der Waals surface area contributed by atoms with E-state index in [0.29, 0.717) is 29.9 Å². The molecule has 2 N–H and O–H groups in total. The lowest BCUT2D eigenvalue weighted by atomic mass is 10.2. The van der Waals surface area contributed by atoms with E-state index in [0.717, 1.165) is 18.4 Å². The van der Waals surface area contributed by atoms with Crippen LogP contribution < -0.4 is 10.6 Å². The Labute approximate surface area is 123 Å². The lowest BCUT2D eigenvalue weighted by Gasteiger charge is -2.09. The van der Waals surface area contributed by atoms with E-state index in [4.69, 9.17) is 0 Å². The van der Waals surface area contributed by atoms with Gasteiger partial charge in [-0.3, -0.25) is 9.78 Å². The number of carbonyl (C=O) groups is 1. The van der Waals surface area contributed by atoms with Crippen molar-refractivity contribution in [1.82, 2.24) is 20.3 Å². The smallest absolute Gasteiger partial charge is 0.270 e. The molecule has 2 aromatic heterocycles. The molecular weight excluding hydrogens is 266 g/mol. The summed E-state index contributed by atoms with van der Waals surface area (Å²) < 4.78 is 0. The minimum Gasteiger partial charge on any atom is -0.366 e. The van der Waals surface area contributed by atoms with Gasteiger partial charge < -0.3 is 10.6 Å². The molecule has 21 heavy (non-hydrogen) atoms. The van der Waals surface area contributed by atoms with Gasteiger partial charge in [0.2, 0.25) is 0 Å². The number of pyridine rings is 1. The Kier molecular flexibility index (Phi) is 3.77. The molecule has 0 saturated heterocycles. The van der Waals surface area contributed by atoms with Gasteiger partial charge in [0.15, 0.2) is 0 Å². The summed E-state index contributed by atoms with van der Waals surface area (Å²) in [6.07, 6.45) is 5.61. The summed E-state index contributed by atoms with van der Waals surface area (Å²) in [5, 5.41) is 6.14. The van der Waals surface area contributed by atoms with Gasteiger partial charge in [-0.25, -0.2) is 9.97 Å². The molecule has 0 spiro atoms. The van der Waals surface area contributed by atoms with Crippen molar-refractivity contribution >= 4 is 11.7 Å². The first-order valence-electron chi connectivity index (χ1n) is 7.00. The van der Waals surface area contributed by atoms with E-state index in [1.54, 1.807) is 25.4 Å². The molecule has 1 aliphatic rings. The SMILES string of the molecule is Cc1nc(NCc2ccncc2)cc(C(=O)NC2CC2)n1. The van der Waals surface area contributed by atoms with E-state index >= 15 is 0 Å².